The quantitative estimate of drug-likeness (QED) is 0.456. The summed E-state index contributed by atoms with van der Waals surface area (Å²) in [6.45, 7) is 2.41. The molecule has 0 unspecified atom stereocenters. The highest BCUT2D eigenvalue weighted by molar-refractivity contribution is 7.80. The van der Waals surface area contributed by atoms with Crippen molar-refractivity contribution in [2.45, 2.75) is 6.92 Å². The van der Waals surface area contributed by atoms with Crippen molar-refractivity contribution in [1.82, 2.24) is 5.32 Å². The fraction of sp³-hybridized carbons (Fsp3) is 0.0833. The number of benzene rings is 3. The third kappa shape index (κ3) is 4.08. The first kappa shape index (κ1) is 21.2. The van der Waals surface area contributed by atoms with Gasteiger partial charge in [0.25, 0.3) is 17.7 Å². The number of rotatable bonds is 5. The molecule has 32 heavy (non-hydrogen) atoms. The van der Waals surface area contributed by atoms with Crippen LogP contribution in [-0.2, 0) is 0 Å². The molecule has 0 bridgehead atoms. The third-order valence-electron chi connectivity index (χ3n) is 4.83. The summed E-state index contributed by atoms with van der Waals surface area (Å²) in [5.74, 6) is -0.619. The van der Waals surface area contributed by atoms with Crippen LogP contribution in [0.4, 0.5) is 11.4 Å². The van der Waals surface area contributed by atoms with Crippen LogP contribution in [0.5, 0.6) is 5.75 Å². The summed E-state index contributed by atoms with van der Waals surface area (Å²) < 4.78 is 5.37. The summed E-state index contributed by atoms with van der Waals surface area (Å²) in [5.41, 5.74) is 1.70. The van der Waals surface area contributed by atoms with E-state index in [0.29, 0.717) is 29.3 Å². The van der Waals surface area contributed by atoms with Crippen LogP contribution in [0.1, 0.15) is 38.0 Å². The van der Waals surface area contributed by atoms with Crippen LogP contribution < -0.4 is 20.3 Å². The van der Waals surface area contributed by atoms with Crippen molar-refractivity contribution in [2.75, 3.05) is 16.8 Å². The van der Waals surface area contributed by atoms with Crippen LogP contribution in [0.3, 0.4) is 0 Å². The zero-order chi connectivity index (χ0) is 22.7. The molecule has 2 N–H and O–H groups in total. The van der Waals surface area contributed by atoms with Gasteiger partial charge in [0.2, 0.25) is 0 Å². The summed E-state index contributed by atoms with van der Waals surface area (Å²) in [5, 5.41) is 5.47. The summed E-state index contributed by atoms with van der Waals surface area (Å²) in [4.78, 5) is 39.5. The van der Waals surface area contributed by atoms with E-state index in [2.05, 4.69) is 10.6 Å². The Labute approximate surface area is 190 Å². The molecule has 0 fully saturated rings. The summed E-state index contributed by atoms with van der Waals surface area (Å²) >= 11 is 5.26. The number of hydrogen-bond acceptors (Lipinski definition) is 5. The van der Waals surface area contributed by atoms with Crippen LogP contribution >= 0.6 is 12.2 Å². The number of carbonyl (C=O) groups excluding carboxylic acids is 3. The summed E-state index contributed by atoms with van der Waals surface area (Å²) in [6.07, 6.45) is 0. The van der Waals surface area contributed by atoms with Crippen molar-refractivity contribution in [2.24, 2.45) is 0 Å². The number of para-hydroxylation sites is 1. The summed E-state index contributed by atoms with van der Waals surface area (Å²) in [7, 11) is 0. The van der Waals surface area contributed by atoms with Gasteiger partial charge in [-0.2, -0.15) is 0 Å². The van der Waals surface area contributed by atoms with Crippen molar-refractivity contribution in [3.8, 4) is 5.75 Å². The number of amides is 3. The number of nitrogens with zero attached hydrogens (tertiary/aromatic N) is 1. The number of carbonyl (C=O) groups is 3. The molecule has 8 heteroatoms. The van der Waals surface area contributed by atoms with Gasteiger partial charge in [0.15, 0.2) is 5.11 Å². The number of nitrogens with one attached hydrogen (secondary N) is 2. The van der Waals surface area contributed by atoms with Gasteiger partial charge in [-0.3, -0.25) is 19.7 Å². The van der Waals surface area contributed by atoms with E-state index in [4.69, 9.17) is 17.0 Å². The molecule has 0 aliphatic carbocycles. The van der Waals surface area contributed by atoms with Crippen LogP contribution in [0.2, 0.25) is 0 Å². The predicted molar refractivity (Wildman–Crippen MR) is 125 cm³/mol. The molecular formula is C24H19N3O4S. The van der Waals surface area contributed by atoms with Gasteiger partial charge < -0.3 is 10.1 Å². The van der Waals surface area contributed by atoms with Gasteiger partial charge in [-0.25, -0.2) is 4.90 Å². The Bertz CT molecular complexity index is 1210. The van der Waals surface area contributed by atoms with Crippen LogP contribution in [0.25, 0.3) is 0 Å². The Morgan fingerprint density at radius 1 is 0.938 bits per heavy atom. The molecule has 1 aliphatic heterocycles. The monoisotopic (exact) mass is 445 g/mol. The fourth-order valence-electron chi connectivity index (χ4n) is 3.40. The Kier molecular flexibility index (Phi) is 5.96. The highest BCUT2D eigenvalue weighted by Gasteiger charge is 2.38. The summed E-state index contributed by atoms with van der Waals surface area (Å²) in [6, 6.07) is 20.2. The number of imide groups is 1. The first-order valence-electron chi connectivity index (χ1n) is 9.91. The lowest BCUT2D eigenvalue weighted by molar-refractivity contribution is 0.0924. The van der Waals surface area contributed by atoms with Crippen LogP contribution in [0.15, 0.2) is 72.8 Å². The molecule has 1 heterocycles. The average molecular weight is 446 g/mol. The third-order valence-corrected chi connectivity index (χ3v) is 5.04. The Morgan fingerprint density at radius 3 is 2.34 bits per heavy atom. The zero-order valence-corrected chi connectivity index (χ0v) is 17.9. The first-order chi connectivity index (χ1) is 15.5. The van der Waals surface area contributed by atoms with Gasteiger partial charge in [-0.05, 0) is 67.7 Å². The molecule has 160 valence electrons. The topological polar surface area (TPSA) is 87.7 Å². The number of ether oxygens (including phenoxy) is 1. The van der Waals surface area contributed by atoms with Crippen LogP contribution in [0, 0.1) is 0 Å². The molecule has 1 aliphatic rings. The molecule has 3 aromatic carbocycles. The maximum Gasteiger partial charge on any atom is 0.268 e. The maximum absolute atomic E-state index is 13.1. The first-order valence-corrected chi connectivity index (χ1v) is 10.3. The Balaban J connectivity index is 1.51. The van der Waals surface area contributed by atoms with E-state index in [1.54, 1.807) is 72.8 Å². The second-order valence-corrected chi connectivity index (χ2v) is 7.28. The standard InChI is InChI=1S/C24H19N3O4S/c1-2-31-17-13-11-15(12-14-17)21(28)26-24(32)25-19-10-6-9-18-20(19)23(30)27(22(18)29)16-7-4-3-5-8-16/h3-14H,2H2,1H3,(H2,25,26,28,32). The lowest BCUT2D eigenvalue weighted by Crippen LogP contribution is -2.34. The van der Waals surface area contributed by atoms with E-state index in [-0.39, 0.29) is 16.2 Å². The molecule has 0 radical (unpaired) electrons. The normalized spacial score (nSPS) is 12.3. The van der Waals surface area contributed by atoms with E-state index < -0.39 is 17.7 Å². The second-order valence-electron chi connectivity index (χ2n) is 6.88. The minimum Gasteiger partial charge on any atom is -0.494 e. The molecule has 0 atom stereocenters. The number of thiocarbonyl (C=S) groups is 1. The number of anilines is 2. The van der Waals surface area contributed by atoms with Crippen LogP contribution in [-0.4, -0.2) is 29.4 Å². The molecule has 0 aromatic heterocycles. The molecule has 0 saturated heterocycles. The van der Waals surface area contributed by atoms with Crippen molar-refractivity contribution < 1.29 is 19.1 Å². The average Bonchev–Trinajstić information content (AvgIpc) is 3.06. The highest BCUT2D eigenvalue weighted by Crippen LogP contribution is 2.32. The smallest absolute Gasteiger partial charge is 0.268 e. The van der Waals surface area contributed by atoms with E-state index in [1.807, 2.05) is 6.92 Å². The predicted octanol–water partition coefficient (Wildman–Crippen LogP) is 4.01. The fourth-order valence-corrected chi connectivity index (χ4v) is 3.60. The largest absolute Gasteiger partial charge is 0.494 e. The van der Waals surface area contributed by atoms with Crippen molar-refractivity contribution >= 4 is 46.4 Å². The lowest BCUT2D eigenvalue weighted by atomic mass is 10.1. The number of fused-ring (bicyclic) bond motifs is 1. The van der Waals surface area contributed by atoms with Gasteiger partial charge >= 0.3 is 0 Å². The van der Waals surface area contributed by atoms with E-state index >= 15 is 0 Å². The molecular weight excluding hydrogens is 426 g/mol. The van der Waals surface area contributed by atoms with Gasteiger partial charge in [0, 0.05) is 5.56 Å². The molecule has 3 aromatic rings. The van der Waals surface area contributed by atoms with E-state index in [1.165, 1.54) is 0 Å². The molecule has 7 nitrogen and oxygen atoms in total. The van der Waals surface area contributed by atoms with Gasteiger partial charge in [0.05, 0.1) is 29.1 Å². The van der Waals surface area contributed by atoms with Crippen molar-refractivity contribution in [1.29, 1.82) is 0 Å². The van der Waals surface area contributed by atoms with Crippen molar-refractivity contribution in [3.63, 3.8) is 0 Å². The van der Waals surface area contributed by atoms with E-state index in [0.717, 1.165) is 4.90 Å². The molecule has 3 amide bonds. The van der Waals surface area contributed by atoms with E-state index in [9.17, 15) is 14.4 Å². The number of hydrogen-bond donors (Lipinski definition) is 2. The van der Waals surface area contributed by atoms with Gasteiger partial charge in [-0.15, -0.1) is 0 Å². The Hall–Kier alpha value is -4.04. The molecule has 0 saturated carbocycles. The SMILES string of the molecule is CCOc1ccc(C(=O)NC(=S)Nc2cccc3c2C(=O)N(c2ccccc2)C3=O)cc1. The van der Waals surface area contributed by atoms with Gasteiger partial charge in [-0.1, -0.05) is 24.3 Å². The van der Waals surface area contributed by atoms with Crippen molar-refractivity contribution in [3.05, 3.63) is 89.5 Å². The van der Waals surface area contributed by atoms with Gasteiger partial charge in [0.1, 0.15) is 5.75 Å². The minimum absolute atomic E-state index is 0.00990. The second kappa shape index (κ2) is 8.99. The highest BCUT2D eigenvalue weighted by atomic mass is 32.1. The molecule has 0 spiro atoms. The zero-order valence-electron chi connectivity index (χ0n) is 17.1. The molecule has 4 rings (SSSR count). The Morgan fingerprint density at radius 2 is 1.66 bits per heavy atom. The maximum atomic E-state index is 13.1. The minimum atomic E-state index is -0.458. The lowest BCUT2D eigenvalue weighted by Gasteiger charge is -2.14.